The summed E-state index contributed by atoms with van der Waals surface area (Å²) in [6, 6.07) is 41.2. The van der Waals surface area contributed by atoms with Crippen molar-refractivity contribution in [2.75, 3.05) is 0 Å². The van der Waals surface area contributed by atoms with E-state index < -0.39 is 8.41 Å². The van der Waals surface area contributed by atoms with Gasteiger partial charge in [0.15, 0.2) is 0 Å². The number of pyridine rings is 1. The van der Waals surface area contributed by atoms with E-state index in [1.165, 1.54) is 0 Å². The largest absolute Gasteiger partial charge is 0.340 e. The Bertz CT molecular complexity index is 1270. The summed E-state index contributed by atoms with van der Waals surface area (Å²) >= 11 is 0. The van der Waals surface area contributed by atoms with Gasteiger partial charge in [-0.3, -0.25) is 9.09 Å². The van der Waals surface area contributed by atoms with Crippen LogP contribution in [0.2, 0.25) is 0 Å². The molecule has 1 heterocycles. The van der Waals surface area contributed by atoms with Crippen molar-refractivity contribution < 1.29 is 4.11 Å². The van der Waals surface area contributed by atoms with Crippen molar-refractivity contribution in [2.24, 2.45) is 0 Å². The van der Waals surface area contributed by atoms with Gasteiger partial charge in [-0.05, 0) is 44.9 Å². The highest BCUT2D eigenvalue weighted by molar-refractivity contribution is 7.07. The lowest BCUT2D eigenvalue weighted by atomic mass is 10.0. The zero-order valence-corrected chi connectivity index (χ0v) is 18.5. The van der Waals surface area contributed by atoms with Crippen molar-refractivity contribution in [3.8, 4) is 22.4 Å². The number of benzene rings is 4. The first-order valence-electron chi connectivity index (χ1n) is 10.7. The van der Waals surface area contributed by atoms with E-state index in [9.17, 15) is 0 Å². The summed E-state index contributed by atoms with van der Waals surface area (Å²) in [6.07, 6.45) is 1.76. The number of halogens is 1. The third kappa shape index (κ3) is 3.68. The lowest BCUT2D eigenvalue weighted by Gasteiger charge is -2.27. The normalized spacial score (nSPS) is 11.3. The van der Waals surface area contributed by atoms with Crippen LogP contribution in [-0.4, -0.2) is 13.4 Å². The van der Waals surface area contributed by atoms with Crippen molar-refractivity contribution in [1.29, 1.82) is 0 Å². The molecule has 32 heavy (non-hydrogen) atoms. The molecule has 0 spiro atoms. The van der Waals surface area contributed by atoms with Crippen molar-refractivity contribution >= 4 is 24.0 Å². The van der Waals surface area contributed by atoms with Crippen LogP contribution in [0, 0.1) is 0 Å². The third-order valence-electron chi connectivity index (χ3n) is 5.78. The first-order valence-corrected chi connectivity index (χ1v) is 12.6. The third-order valence-corrected chi connectivity index (χ3v) is 9.22. The van der Waals surface area contributed by atoms with Gasteiger partial charge in [0.05, 0.1) is 5.69 Å². The average molecular weight is 432 g/mol. The van der Waals surface area contributed by atoms with Gasteiger partial charge in [-0.15, -0.1) is 0 Å². The number of rotatable bonds is 5. The predicted molar refractivity (Wildman–Crippen MR) is 134 cm³/mol. The van der Waals surface area contributed by atoms with Crippen molar-refractivity contribution in [1.82, 2.24) is 4.98 Å². The zero-order chi connectivity index (χ0) is 21.8. The van der Waals surface area contributed by atoms with Gasteiger partial charge in [-0.2, -0.15) is 0 Å². The summed E-state index contributed by atoms with van der Waals surface area (Å²) in [7, 11) is -3.77. The Kier molecular flexibility index (Phi) is 5.49. The molecule has 5 aromatic rings. The topological polar surface area (TPSA) is 12.9 Å². The second-order valence-electron chi connectivity index (χ2n) is 7.73. The van der Waals surface area contributed by atoms with Crippen molar-refractivity contribution in [2.45, 2.75) is 0 Å². The minimum Gasteiger partial charge on any atom is -0.296 e. The lowest BCUT2D eigenvalue weighted by molar-refractivity contribution is 0.842. The highest BCUT2D eigenvalue weighted by atomic mass is 28.4. The number of hydrogen-bond donors (Lipinski definition) is 0. The van der Waals surface area contributed by atoms with Crippen LogP contribution in [0.4, 0.5) is 4.11 Å². The molecule has 0 aliphatic heterocycles. The Balaban J connectivity index is 1.80. The molecule has 0 aliphatic rings. The standard InChI is InChI=1S/C29H22FNSi/c30-32(25-14-6-2-7-15-25,26-16-8-3-9-17-26)29-20-19-24(23-12-4-1-5-13-23)22-27(29)28-18-10-11-21-31-28/h1-22H. The van der Waals surface area contributed by atoms with E-state index in [1.54, 1.807) is 6.20 Å². The molecule has 0 aliphatic carbocycles. The van der Waals surface area contributed by atoms with Crippen LogP contribution in [-0.2, 0) is 0 Å². The summed E-state index contributed by atoms with van der Waals surface area (Å²) in [5.41, 5.74) is 3.77. The molecule has 1 aromatic heterocycles. The molecule has 0 fully saturated rings. The van der Waals surface area contributed by atoms with E-state index in [2.05, 4.69) is 23.2 Å². The Hall–Kier alpha value is -3.82. The van der Waals surface area contributed by atoms with Crippen molar-refractivity contribution in [3.05, 3.63) is 134 Å². The molecule has 4 aromatic carbocycles. The van der Waals surface area contributed by atoms with Gasteiger partial charge in [0.1, 0.15) is 0 Å². The number of hydrogen-bond acceptors (Lipinski definition) is 1. The zero-order valence-electron chi connectivity index (χ0n) is 17.5. The SMILES string of the molecule is F[Si](c1ccccc1)(c1ccccc1)c1ccc(-c2ccccc2)cc1-c1ccccn1. The molecular formula is C29H22FNSi. The smallest absolute Gasteiger partial charge is 0.296 e. The van der Waals surface area contributed by atoms with Crippen LogP contribution in [0.1, 0.15) is 0 Å². The summed E-state index contributed by atoms with van der Waals surface area (Å²) in [4.78, 5) is 4.60. The molecular weight excluding hydrogens is 409 g/mol. The second kappa shape index (κ2) is 8.73. The first-order chi connectivity index (χ1) is 15.8. The van der Waals surface area contributed by atoms with Gasteiger partial charge >= 0.3 is 8.41 Å². The maximum atomic E-state index is 17.6. The first kappa shape index (κ1) is 20.1. The van der Waals surface area contributed by atoms with E-state index in [0.717, 1.165) is 32.8 Å². The minimum absolute atomic E-state index is 0.716. The molecule has 0 saturated carbocycles. The fraction of sp³-hybridized carbons (Fsp3) is 0. The van der Waals surface area contributed by atoms with E-state index >= 15 is 4.11 Å². The number of nitrogens with zero attached hydrogens (tertiary/aromatic N) is 1. The quantitative estimate of drug-likeness (QED) is 0.208. The Morgan fingerprint density at radius 1 is 0.531 bits per heavy atom. The van der Waals surface area contributed by atoms with Gasteiger partial charge in [0.2, 0.25) is 0 Å². The highest BCUT2D eigenvalue weighted by Gasteiger charge is 2.43. The fourth-order valence-electron chi connectivity index (χ4n) is 4.20. The van der Waals surface area contributed by atoms with Gasteiger partial charge in [0.25, 0.3) is 0 Å². The average Bonchev–Trinajstić information content (AvgIpc) is 2.90. The van der Waals surface area contributed by atoms with E-state index in [-0.39, 0.29) is 0 Å². The molecule has 0 amide bonds. The van der Waals surface area contributed by atoms with Crippen LogP contribution in [0.15, 0.2) is 134 Å². The Morgan fingerprint density at radius 2 is 1.09 bits per heavy atom. The maximum absolute atomic E-state index is 17.6. The van der Waals surface area contributed by atoms with Crippen LogP contribution >= 0.6 is 0 Å². The van der Waals surface area contributed by atoms with Gasteiger partial charge in [0, 0.05) is 11.8 Å². The summed E-state index contributed by atoms with van der Waals surface area (Å²) < 4.78 is 17.6. The van der Waals surface area contributed by atoms with E-state index in [0.29, 0.717) is 5.19 Å². The van der Waals surface area contributed by atoms with Crippen LogP contribution in [0.25, 0.3) is 22.4 Å². The van der Waals surface area contributed by atoms with Crippen LogP contribution in [0.5, 0.6) is 0 Å². The molecule has 0 atom stereocenters. The maximum Gasteiger partial charge on any atom is 0.340 e. The molecule has 3 heteroatoms. The second-order valence-corrected chi connectivity index (χ2v) is 10.7. The molecule has 5 rings (SSSR count). The summed E-state index contributed by atoms with van der Waals surface area (Å²) in [5.74, 6) is 0. The Morgan fingerprint density at radius 3 is 1.66 bits per heavy atom. The summed E-state index contributed by atoms with van der Waals surface area (Å²) in [6.45, 7) is 0. The van der Waals surface area contributed by atoms with Gasteiger partial charge in [-0.1, -0.05) is 109 Å². The fourth-order valence-corrected chi connectivity index (χ4v) is 7.35. The molecule has 0 N–H and O–H groups in total. The number of aromatic nitrogens is 1. The van der Waals surface area contributed by atoms with E-state index in [1.807, 2.05) is 109 Å². The predicted octanol–water partition coefficient (Wildman–Crippen LogP) is 5.35. The highest BCUT2D eigenvalue weighted by Crippen LogP contribution is 2.26. The molecule has 0 saturated heterocycles. The Labute approximate surface area is 189 Å². The molecule has 154 valence electrons. The minimum atomic E-state index is -3.77. The van der Waals surface area contributed by atoms with Crippen LogP contribution < -0.4 is 15.6 Å². The summed E-state index contributed by atoms with van der Waals surface area (Å²) in [5, 5.41) is 2.18. The monoisotopic (exact) mass is 431 g/mol. The molecule has 0 unspecified atom stereocenters. The molecule has 1 nitrogen and oxygen atoms in total. The van der Waals surface area contributed by atoms with E-state index in [4.69, 9.17) is 0 Å². The van der Waals surface area contributed by atoms with Crippen LogP contribution in [0.3, 0.4) is 0 Å². The van der Waals surface area contributed by atoms with Crippen molar-refractivity contribution in [3.63, 3.8) is 0 Å². The van der Waals surface area contributed by atoms with Gasteiger partial charge in [-0.25, -0.2) is 0 Å². The lowest BCUT2D eigenvalue weighted by Crippen LogP contribution is -2.64. The molecule has 0 radical (unpaired) electrons. The molecule has 0 bridgehead atoms. The van der Waals surface area contributed by atoms with Gasteiger partial charge < -0.3 is 0 Å².